The van der Waals surface area contributed by atoms with E-state index in [1.54, 1.807) is 23.1 Å². The second kappa shape index (κ2) is 9.29. The van der Waals surface area contributed by atoms with Gasteiger partial charge in [-0.05, 0) is 41.0 Å². The van der Waals surface area contributed by atoms with Gasteiger partial charge in [0.15, 0.2) is 0 Å². The summed E-state index contributed by atoms with van der Waals surface area (Å²) in [6.45, 7) is 3.62. The van der Waals surface area contributed by atoms with Crippen molar-refractivity contribution < 1.29 is 19.4 Å². The number of hydrogen-bond acceptors (Lipinski definition) is 4. The third-order valence-corrected chi connectivity index (χ3v) is 5.71. The molecule has 0 radical (unpaired) electrons. The van der Waals surface area contributed by atoms with Gasteiger partial charge in [0, 0.05) is 25.7 Å². The molecule has 0 spiro atoms. The molecule has 0 bridgehead atoms. The molecule has 4 rings (SSSR count). The molecule has 1 heterocycles. The fraction of sp³-hybridized carbons (Fsp3) is 0.280. The third-order valence-electron chi connectivity index (χ3n) is 5.71. The van der Waals surface area contributed by atoms with Crippen LogP contribution in [0.15, 0.2) is 66.7 Å². The highest BCUT2D eigenvalue weighted by Crippen LogP contribution is 2.24. The first-order valence-corrected chi connectivity index (χ1v) is 10.4. The average molecular weight is 418 g/mol. The van der Waals surface area contributed by atoms with Gasteiger partial charge in [0.25, 0.3) is 0 Å². The van der Waals surface area contributed by atoms with Crippen LogP contribution in [-0.4, -0.2) is 47.7 Å². The highest BCUT2D eigenvalue weighted by molar-refractivity contribution is 5.88. The van der Waals surface area contributed by atoms with Crippen molar-refractivity contribution in [1.82, 2.24) is 10.2 Å². The first kappa shape index (κ1) is 21.0. The summed E-state index contributed by atoms with van der Waals surface area (Å²) in [5.74, 6) is -1.06. The molecular formula is C25H26N2O4. The maximum absolute atomic E-state index is 12.3. The van der Waals surface area contributed by atoms with Crippen LogP contribution in [0, 0.1) is 0 Å². The second-order valence-corrected chi connectivity index (χ2v) is 7.91. The highest BCUT2D eigenvalue weighted by atomic mass is 16.5. The SMILES string of the molecule is C[C@@H](NCC1CN(Cc2cccc(C(=O)O)c2)C(=O)CO1)c1cccc2ccccc12. The molecule has 1 amide bonds. The number of ether oxygens (including phenoxy) is 1. The Morgan fingerprint density at radius 2 is 1.94 bits per heavy atom. The van der Waals surface area contributed by atoms with Gasteiger partial charge in [-0.3, -0.25) is 4.79 Å². The van der Waals surface area contributed by atoms with Crippen molar-refractivity contribution in [3.63, 3.8) is 0 Å². The summed E-state index contributed by atoms with van der Waals surface area (Å²) in [5.41, 5.74) is 2.25. The molecule has 2 atom stereocenters. The maximum Gasteiger partial charge on any atom is 0.335 e. The summed E-state index contributed by atoms with van der Waals surface area (Å²) in [5, 5.41) is 15.2. The molecule has 1 unspecified atom stereocenters. The van der Waals surface area contributed by atoms with Gasteiger partial charge in [-0.15, -0.1) is 0 Å². The molecule has 160 valence electrons. The van der Waals surface area contributed by atoms with Crippen molar-refractivity contribution in [2.24, 2.45) is 0 Å². The maximum atomic E-state index is 12.3. The standard InChI is InChI=1S/C25H26N2O4/c1-17(22-11-5-8-19-7-2-3-10-23(19)22)26-13-21-15-27(24(28)16-31-21)14-18-6-4-9-20(12-18)25(29)30/h2-12,17,21,26H,13-16H2,1H3,(H,29,30)/t17-,21?/m1/s1. The summed E-state index contributed by atoms with van der Waals surface area (Å²) >= 11 is 0. The van der Waals surface area contributed by atoms with E-state index in [1.807, 2.05) is 18.2 Å². The predicted molar refractivity (Wildman–Crippen MR) is 119 cm³/mol. The van der Waals surface area contributed by atoms with Crippen molar-refractivity contribution >= 4 is 22.6 Å². The highest BCUT2D eigenvalue weighted by Gasteiger charge is 2.27. The molecule has 2 N–H and O–H groups in total. The Morgan fingerprint density at radius 3 is 2.77 bits per heavy atom. The van der Waals surface area contributed by atoms with Crippen molar-refractivity contribution in [1.29, 1.82) is 0 Å². The van der Waals surface area contributed by atoms with Crippen molar-refractivity contribution in [3.05, 3.63) is 83.4 Å². The van der Waals surface area contributed by atoms with Crippen LogP contribution in [0.5, 0.6) is 0 Å². The molecule has 31 heavy (non-hydrogen) atoms. The largest absolute Gasteiger partial charge is 0.478 e. The summed E-state index contributed by atoms with van der Waals surface area (Å²) in [7, 11) is 0. The van der Waals surface area contributed by atoms with Crippen LogP contribution >= 0.6 is 0 Å². The van der Waals surface area contributed by atoms with E-state index in [0.717, 1.165) is 5.56 Å². The number of fused-ring (bicyclic) bond motifs is 1. The summed E-state index contributed by atoms with van der Waals surface area (Å²) < 4.78 is 5.75. The Bertz CT molecular complexity index is 1090. The summed E-state index contributed by atoms with van der Waals surface area (Å²) in [6, 6.07) is 21.5. The van der Waals surface area contributed by atoms with Crippen LogP contribution in [0.4, 0.5) is 0 Å². The van der Waals surface area contributed by atoms with Gasteiger partial charge >= 0.3 is 5.97 Å². The van der Waals surface area contributed by atoms with E-state index in [2.05, 4.69) is 42.6 Å². The van der Waals surface area contributed by atoms with Crippen LogP contribution in [0.25, 0.3) is 10.8 Å². The molecule has 6 heteroatoms. The minimum atomic E-state index is -0.973. The molecule has 0 aromatic heterocycles. The van der Waals surface area contributed by atoms with Crippen molar-refractivity contribution in [3.8, 4) is 0 Å². The zero-order valence-electron chi connectivity index (χ0n) is 17.5. The third kappa shape index (κ3) is 4.93. The number of amides is 1. The van der Waals surface area contributed by atoms with Gasteiger partial charge in [0.05, 0.1) is 11.7 Å². The monoisotopic (exact) mass is 418 g/mol. The Kier molecular flexibility index (Phi) is 6.30. The van der Waals surface area contributed by atoms with Crippen LogP contribution in [0.3, 0.4) is 0 Å². The Morgan fingerprint density at radius 1 is 1.16 bits per heavy atom. The van der Waals surface area contributed by atoms with Crippen molar-refractivity contribution in [2.75, 3.05) is 19.7 Å². The number of carbonyl (C=O) groups excluding carboxylic acids is 1. The summed E-state index contributed by atoms with van der Waals surface area (Å²) in [4.78, 5) is 25.3. The van der Waals surface area contributed by atoms with Crippen molar-refractivity contribution in [2.45, 2.75) is 25.6 Å². The number of morpholine rings is 1. The molecule has 1 fully saturated rings. The molecule has 1 saturated heterocycles. The number of benzene rings is 3. The van der Waals surface area contributed by atoms with Crippen LogP contribution in [0.1, 0.15) is 34.5 Å². The van der Waals surface area contributed by atoms with E-state index in [9.17, 15) is 14.7 Å². The summed E-state index contributed by atoms with van der Waals surface area (Å²) in [6.07, 6.45) is -0.127. The quantitative estimate of drug-likeness (QED) is 0.613. The van der Waals surface area contributed by atoms with Crippen LogP contribution < -0.4 is 5.32 Å². The van der Waals surface area contributed by atoms with Gasteiger partial charge in [0.2, 0.25) is 5.91 Å². The number of carboxylic acids is 1. The molecular weight excluding hydrogens is 392 g/mol. The van der Waals surface area contributed by atoms with E-state index >= 15 is 0 Å². The van der Waals surface area contributed by atoms with Gasteiger partial charge in [-0.1, -0.05) is 54.6 Å². The van der Waals surface area contributed by atoms with Gasteiger partial charge in [0.1, 0.15) is 6.61 Å². The fourth-order valence-corrected chi connectivity index (χ4v) is 4.03. The van der Waals surface area contributed by atoms with Crippen LogP contribution in [-0.2, 0) is 16.1 Å². The number of hydrogen-bond donors (Lipinski definition) is 2. The van der Waals surface area contributed by atoms with Gasteiger partial charge in [-0.25, -0.2) is 4.79 Å². The zero-order chi connectivity index (χ0) is 21.8. The van der Waals surface area contributed by atoms with E-state index in [0.29, 0.717) is 19.6 Å². The number of nitrogens with one attached hydrogen (secondary N) is 1. The molecule has 1 aliphatic heterocycles. The average Bonchev–Trinajstić information content (AvgIpc) is 2.79. The first-order valence-electron chi connectivity index (χ1n) is 10.4. The number of rotatable bonds is 7. The predicted octanol–water partition coefficient (Wildman–Crippen LogP) is 3.62. The lowest BCUT2D eigenvalue weighted by molar-refractivity contribution is -0.149. The molecule has 3 aromatic rings. The Labute approximate surface area is 181 Å². The topological polar surface area (TPSA) is 78.9 Å². The number of carbonyl (C=O) groups is 2. The van der Waals surface area contributed by atoms with E-state index < -0.39 is 5.97 Å². The lowest BCUT2D eigenvalue weighted by Gasteiger charge is -2.33. The van der Waals surface area contributed by atoms with E-state index in [-0.39, 0.29) is 30.2 Å². The van der Waals surface area contributed by atoms with E-state index in [4.69, 9.17) is 4.74 Å². The Balaban J connectivity index is 1.39. The first-order chi connectivity index (χ1) is 15.0. The normalized spacial score (nSPS) is 17.6. The van der Waals surface area contributed by atoms with Gasteiger partial charge < -0.3 is 20.1 Å². The zero-order valence-corrected chi connectivity index (χ0v) is 17.5. The van der Waals surface area contributed by atoms with Crippen LogP contribution in [0.2, 0.25) is 0 Å². The molecule has 6 nitrogen and oxygen atoms in total. The number of nitrogens with zero attached hydrogens (tertiary/aromatic N) is 1. The van der Waals surface area contributed by atoms with Gasteiger partial charge in [-0.2, -0.15) is 0 Å². The minimum Gasteiger partial charge on any atom is -0.478 e. The molecule has 1 aliphatic rings. The Hall–Kier alpha value is -3.22. The fourth-order valence-electron chi connectivity index (χ4n) is 4.03. The van der Waals surface area contributed by atoms with E-state index in [1.165, 1.54) is 16.3 Å². The minimum absolute atomic E-state index is 0.0353. The smallest absolute Gasteiger partial charge is 0.335 e. The molecule has 0 saturated carbocycles. The lowest BCUT2D eigenvalue weighted by atomic mass is 9.99. The lowest BCUT2D eigenvalue weighted by Crippen LogP contribution is -2.49. The molecule has 3 aromatic carbocycles. The second-order valence-electron chi connectivity index (χ2n) is 7.91. The molecule has 0 aliphatic carbocycles. The number of aromatic carboxylic acids is 1. The number of carboxylic acid groups (broad SMARTS) is 1.